The topological polar surface area (TPSA) is 58.2 Å². The average Bonchev–Trinajstić information content (AvgIpc) is 2.32. The van der Waals surface area contributed by atoms with Crippen LogP contribution in [0.1, 0.15) is 6.92 Å². The molecule has 0 spiro atoms. The number of carbonyl (C=O) groups excluding carboxylic acids is 2. The number of hydrogen-bond donors (Lipinski definition) is 3. The van der Waals surface area contributed by atoms with Gasteiger partial charge in [0.25, 0.3) is 0 Å². The molecule has 0 fully saturated rings. The van der Waals surface area contributed by atoms with E-state index in [0.717, 1.165) is 0 Å². The lowest BCUT2D eigenvalue weighted by Gasteiger charge is -2.15. The zero-order valence-corrected chi connectivity index (χ0v) is 10.7. The molecule has 0 aromatic heterocycles. The van der Waals surface area contributed by atoms with E-state index in [0.29, 0.717) is 12.1 Å². The number of halogens is 3. The normalized spacial score (nSPS) is 11.8. The molecular formula is C11H11F3N2O2S. The molecule has 4 nitrogen and oxygen atoms in total. The molecule has 0 bridgehead atoms. The summed E-state index contributed by atoms with van der Waals surface area (Å²) in [5, 5.41) is 4.33. The molecule has 0 aliphatic rings. The Bertz CT molecular complexity index is 511. The van der Waals surface area contributed by atoms with Crippen LogP contribution in [0.4, 0.5) is 18.9 Å². The molecule has 2 amide bonds. The van der Waals surface area contributed by atoms with Crippen LogP contribution in [0.15, 0.2) is 12.1 Å². The summed E-state index contributed by atoms with van der Waals surface area (Å²) in [6.45, 7) is 1.20. The lowest BCUT2D eigenvalue weighted by Crippen LogP contribution is -2.44. The van der Waals surface area contributed by atoms with Crippen molar-refractivity contribution in [2.24, 2.45) is 0 Å². The lowest BCUT2D eigenvalue weighted by atomic mass is 10.2. The Morgan fingerprint density at radius 1 is 1.21 bits per heavy atom. The molecule has 1 unspecified atom stereocenters. The summed E-state index contributed by atoms with van der Waals surface area (Å²) >= 11 is 3.86. The van der Waals surface area contributed by atoms with E-state index in [1.165, 1.54) is 6.92 Å². The Hall–Kier alpha value is -1.70. The monoisotopic (exact) mass is 292 g/mol. The van der Waals surface area contributed by atoms with Gasteiger partial charge in [0.1, 0.15) is 11.9 Å². The Morgan fingerprint density at radius 3 is 2.32 bits per heavy atom. The van der Waals surface area contributed by atoms with Gasteiger partial charge in [-0.25, -0.2) is 13.2 Å². The fraction of sp³-hybridized carbons (Fsp3) is 0.273. The minimum absolute atomic E-state index is 0.0310. The zero-order valence-electron chi connectivity index (χ0n) is 9.84. The second kappa shape index (κ2) is 6.46. The van der Waals surface area contributed by atoms with Crippen molar-refractivity contribution in [2.45, 2.75) is 13.0 Å². The molecule has 0 saturated carbocycles. The Kier molecular flexibility index (Phi) is 5.22. The van der Waals surface area contributed by atoms with Crippen molar-refractivity contribution in [1.29, 1.82) is 0 Å². The summed E-state index contributed by atoms with van der Waals surface area (Å²) in [5.74, 6) is -5.05. The van der Waals surface area contributed by atoms with Crippen LogP contribution in [-0.2, 0) is 9.59 Å². The second-order valence-corrected chi connectivity index (χ2v) is 4.04. The van der Waals surface area contributed by atoms with Gasteiger partial charge in [0.15, 0.2) is 11.6 Å². The van der Waals surface area contributed by atoms with Crippen LogP contribution in [0.2, 0.25) is 0 Å². The van der Waals surface area contributed by atoms with E-state index in [4.69, 9.17) is 0 Å². The van der Waals surface area contributed by atoms with Gasteiger partial charge >= 0.3 is 0 Å². The first-order valence-corrected chi connectivity index (χ1v) is 5.81. The maximum atomic E-state index is 13.3. The van der Waals surface area contributed by atoms with E-state index in [2.05, 4.69) is 23.3 Å². The first kappa shape index (κ1) is 15.4. The highest BCUT2D eigenvalue weighted by Crippen LogP contribution is 2.18. The maximum Gasteiger partial charge on any atom is 0.247 e. The number of anilines is 1. The number of benzene rings is 1. The van der Waals surface area contributed by atoms with Gasteiger partial charge in [0.2, 0.25) is 11.8 Å². The van der Waals surface area contributed by atoms with Gasteiger partial charge in [-0.3, -0.25) is 9.59 Å². The van der Waals surface area contributed by atoms with Crippen molar-refractivity contribution in [2.75, 3.05) is 11.1 Å². The third kappa shape index (κ3) is 4.16. The predicted molar refractivity (Wildman–Crippen MR) is 66.4 cm³/mol. The summed E-state index contributed by atoms with van der Waals surface area (Å²) in [5.41, 5.74) is -0.513. The molecule has 1 aromatic carbocycles. The molecule has 1 aromatic rings. The molecular weight excluding hydrogens is 281 g/mol. The summed E-state index contributed by atoms with van der Waals surface area (Å²) in [4.78, 5) is 22.5. The smallest absolute Gasteiger partial charge is 0.247 e. The first-order chi connectivity index (χ1) is 8.85. The molecule has 104 valence electrons. The molecule has 0 saturated heterocycles. The Labute approximate surface area is 112 Å². The fourth-order valence-corrected chi connectivity index (χ4v) is 1.53. The van der Waals surface area contributed by atoms with Gasteiger partial charge in [0, 0.05) is 24.8 Å². The summed E-state index contributed by atoms with van der Waals surface area (Å²) in [6.07, 6.45) is 0. The average molecular weight is 292 g/mol. The van der Waals surface area contributed by atoms with Crippen molar-refractivity contribution in [1.82, 2.24) is 5.32 Å². The van der Waals surface area contributed by atoms with Crippen LogP contribution in [-0.4, -0.2) is 23.6 Å². The van der Waals surface area contributed by atoms with E-state index in [1.807, 2.05) is 0 Å². The molecule has 0 heterocycles. The number of hydrogen-bond acceptors (Lipinski definition) is 3. The Balaban J connectivity index is 2.86. The molecule has 8 heteroatoms. The standard InChI is InChI=1S/C11H11F3N2O2S/c1-5(17)15-10(4-19)11(18)16-9-3-7(13)6(12)2-8(9)14/h2-3,10,19H,4H2,1H3,(H,15,17)(H,16,18). The number of carbonyl (C=O) groups is 2. The Morgan fingerprint density at radius 2 is 1.79 bits per heavy atom. The van der Waals surface area contributed by atoms with E-state index < -0.39 is 41.0 Å². The predicted octanol–water partition coefficient (Wildman–Crippen LogP) is 1.48. The number of nitrogens with one attached hydrogen (secondary N) is 2. The number of rotatable bonds is 4. The van der Waals surface area contributed by atoms with Crippen LogP contribution < -0.4 is 10.6 Å². The third-order valence-corrected chi connectivity index (χ3v) is 2.51. The van der Waals surface area contributed by atoms with Crippen LogP contribution in [0, 0.1) is 17.5 Å². The van der Waals surface area contributed by atoms with Gasteiger partial charge < -0.3 is 10.6 Å². The molecule has 19 heavy (non-hydrogen) atoms. The molecule has 0 aliphatic carbocycles. The molecule has 0 aliphatic heterocycles. The minimum atomic E-state index is -1.36. The molecule has 1 atom stereocenters. The van der Waals surface area contributed by atoms with Crippen molar-refractivity contribution >= 4 is 30.1 Å². The van der Waals surface area contributed by atoms with E-state index in [-0.39, 0.29) is 5.75 Å². The van der Waals surface area contributed by atoms with Crippen LogP contribution in [0.5, 0.6) is 0 Å². The number of amides is 2. The van der Waals surface area contributed by atoms with E-state index in [1.54, 1.807) is 0 Å². The highest BCUT2D eigenvalue weighted by Gasteiger charge is 2.20. The van der Waals surface area contributed by atoms with Crippen molar-refractivity contribution in [3.8, 4) is 0 Å². The highest BCUT2D eigenvalue weighted by molar-refractivity contribution is 7.80. The van der Waals surface area contributed by atoms with Gasteiger partial charge in [-0.1, -0.05) is 0 Å². The largest absolute Gasteiger partial charge is 0.344 e. The van der Waals surface area contributed by atoms with E-state index >= 15 is 0 Å². The van der Waals surface area contributed by atoms with Gasteiger partial charge in [-0.15, -0.1) is 0 Å². The van der Waals surface area contributed by atoms with E-state index in [9.17, 15) is 22.8 Å². The van der Waals surface area contributed by atoms with Crippen molar-refractivity contribution in [3.05, 3.63) is 29.6 Å². The first-order valence-electron chi connectivity index (χ1n) is 5.18. The fourth-order valence-electron chi connectivity index (χ4n) is 1.28. The molecule has 1 rings (SSSR count). The molecule has 2 N–H and O–H groups in total. The van der Waals surface area contributed by atoms with Crippen LogP contribution in [0.3, 0.4) is 0 Å². The van der Waals surface area contributed by atoms with Crippen LogP contribution in [0.25, 0.3) is 0 Å². The van der Waals surface area contributed by atoms with Crippen molar-refractivity contribution < 1.29 is 22.8 Å². The SMILES string of the molecule is CC(=O)NC(CS)C(=O)Nc1cc(F)c(F)cc1F. The summed E-state index contributed by atoms with van der Waals surface area (Å²) in [6, 6.07) is -0.168. The summed E-state index contributed by atoms with van der Waals surface area (Å²) in [7, 11) is 0. The second-order valence-electron chi connectivity index (χ2n) is 3.67. The van der Waals surface area contributed by atoms with Crippen LogP contribution >= 0.6 is 12.6 Å². The van der Waals surface area contributed by atoms with Crippen molar-refractivity contribution in [3.63, 3.8) is 0 Å². The number of thiol groups is 1. The van der Waals surface area contributed by atoms with Gasteiger partial charge in [-0.05, 0) is 0 Å². The quantitative estimate of drug-likeness (QED) is 0.581. The lowest BCUT2D eigenvalue weighted by molar-refractivity contribution is -0.124. The minimum Gasteiger partial charge on any atom is -0.344 e. The zero-order chi connectivity index (χ0) is 14.6. The third-order valence-electron chi connectivity index (χ3n) is 2.14. The maximum absolute atomic E-state index is 13.3. The highest BCUT2D eigenvalue weighted by atomic mass is 32.1. The van der Waals surface area contributed by atoms with Gasteiger partial charge in [-0.2, -0.15) is 12.6 Å². The summed E-state index contributed by atoms with van der Waals surface area (Å²) < 4.78 is 38.9. The van der Waals surface area contributed by atoms with Gasteiger partial charge in [0.05, 0.1) is 5.69 Å². The molecule has 0 radical (unpaired) electrons.